The number of aliphatic carboxylic acids is 2. The largest absolute Gasteiger partial charge is 0.490 e. The Labute approximate surface area is 520 Å². The van der Waals surface area contributed by atoms with Crippen LogP contribution in [0.5, 0.6) is 11.5 Å². The first-order chi connectivity index (χ1) is 42.4. The van der Waals surface area contributed by atoms with E-state index in [0.717, 1.165) is 63.1 Å². The highest BCUT2D eigenvalue weighted by Gasteiger charge is 2.32. The molecule has 462 valence electrons. The second-order valence-electron chi connectivity index (χ2n) is 23.1. The van der Waals surface area contributed by atoms with Gasteiger partial charge in [0.05, 0.1) is 66.8 Å². The molecule has 89 heavy (non-hydrogen) atoms. The zero-order valence-corrected chi connectivity index (χ0v) is 52.3. The summed E-state index contributed by atoms with van der Waals surface area (Å²) in [5.74, 6) is 0.644. The molecule has 0 fully saturated rings. The van der Waals surface area contributed by atoms with E-state index >= 15 is 0 Å². The van der Waals surface area contributed by atoms with Gasteiger partial charge < -0.3 is 29.5 Å². The van der Waals surface area contributed by atoms with Gasteiger partial charge in [0.15, 0.2) is 11.5 Å². The summed E-state index contributed by atoms with van der Waals surface area (Å²) < 4.78 is 52.5. The Morgan fingerprint density at radius 3 is 1.49 bits per heavy atom. The van der Waals surface area contributed by atoms with Crippen LogP contribution in [0.25, 0.3) is 22.3 Å². The van der Waals surface area contributed by atoms with Crippen LogP contribution in [0.1, 0.15) is 155 Å². The van der Waals surface area contributed by atoms with Crippen LogP contribution in [0.3, 0.4) is 0 Å². The topological polar surface area (TPSA) is 199 Å². The summed E-state index contributed by atoms with van der Waals surface area (Å²) >= 11 is 0. The van der Waals surface area contributed by atoms with Gasteiger partial charge in [-0.1, -0.05) is 112 Å². The lowest BCUT2D eigenvalue weighted by molar-refractivity contribution is -0.138. The van der Waals surface area contributed by atoms with Gasteiger partial charge in [0, 0.05) is 39.0 Å². The van der Waals surface area contributed by atoms with Crippen molar-refractivity contribution in [3.63, 3.8) is 0 Å². The van der Waals surface area contributed by atoms with Crippen LogP contribution in [-0.4, -0.2) is 55.3 Å². The molecule has 1 unspecified atom stereocenters. The predicted octanol–water partition coefficient (Wildman–Crippen LogP) is 16.4. The van der Waals surface area contributed by atoms with Gasteiger partial charge in [0.2, 0.25) is 11.9 Å². The summed E-state index contributed by atoms with van der Waals surface area (Å²) in [6, 6.07) is 37.2. The van der Waals surface area contributed by atoms with Crippen LogP contribution in [0.2, 0.25) is 0 Å². The summed E-state index contributed by atoms with van der Waals surface area (Å²) in [5.41, 5.74) is 16.9. The molecule has 0 saturated heterocycles. The number of aromatic nitrogens is 4. The molecule has 0 aliphatic carbocycles. The quantitative estimate of drug-likeness (QED) is 0.0512. The minimum absolute atomic E-state index is 0.00329. The third-order valence-electron chi connectivity index (χ3n) is 15.4. The summed E-state index contributed by atoms with van der Waals surface area (Å²) in [4.78, 5) is 43.7. The molecule has 0 amide bonds. The highest BCUT2D eigenvalue weighted by atomic mass is 19.4. The van der Waals surface area contributed by atoms with Gasteiger partial charge in [0.1, 0.15) is 0 Å². The summed E-state index contributed by atoms with van der Waals surface area (Å²) in [6.45, 7) is 23.0. The Morgan fingerprint density at radius 1 is 0.551 bits per heavy atom. The van der Waals surface area contributed by atoms with Crippen LogP contribution >= 0.6 is 0 Å². The fourth-order valence-corrected chi connectivity index (χ4v) is 10.7. The van der Waals surface area contributed by atoms with Gasteiger partial charge in [-0.15, -0.1) is 0 Å². The van der Waals surface area contributed by atoms with Gasteiger partial charge in [-0.05, 0) is 181 Å². The van der Waals surface area contributed by atoms with Crippen molar-refractivity contribution in [2.45, 2.75) is 146 Å². The normalized spacial score (nSPS) is 11.5. The molecule has 2 aromatic heterocycles. The van der Waals surface area contributed by atoms with Crippen LogP contribution < -0.4 is 19.3 Å². The highest BCUT2D eigenvalue weighted by molar-refractivity contribution is 5.74. The maximum atomic E-state index is 13.8. The molecule has 0 bridgehead atoms. The molecular formula is C72H77F3N8O6. The molecule has 0 aliphatic rings. The molecule has 1 atom stereocenters. The van der Waals surface area contributed by atoms with Crippen molar-refractivity contribution < 1.29 is 42.4 Å². The molecule has 2 heterocycles. The summed E-state index contributed by atoms with van der Waals surface area (Å²) in [6.07, 6.45) is 3.28. The number of carboxylic acids is 2. The Balaban J connectivity index is 0.000000254. The van der Waals surface area contributed by atoms with Crippen LogP contribution in [-0.2, 0) is 41.9 Å². The van der Waals surface area contributed by atoms with Crippen molar-refractivity contribution in [2.24, 2.45) is 0 Å². The molecule has 2 N–H and O–H groups in total. The monoisotopic (exact) mass is 1210 g/mol. The van der Waals surface area contributed by atoms with Crippen molar-refractivity contribution in [3.05, 3.63) is 211 Å². The first-order valence-corrected chi connectivity index (χ1v) is 29.8. The number of anilines is 2. The number of carboxylic acid groups (broad SMARTS) is 2. The molecular weight excluding hydrogens is 1130 g/mol. The number of alkyl halides is 3. The van der Waals surface area contributed by atoms with Crippen LogP contribution in [0, 0.1) is 64.2 Å². The Hall–Kier alpha value is -9.61. The third kappa shape index (κ3) is 18.9. The number of halogens is 3. The lowest BCUT2D eigenvalue weighted by atomic mass is 9.88. The van der Waals surface area contributed by atoms with Gasteiger partial charge in [-0.3, -0.25) is 9.59 Å². The summed E-state index contributed by atoms with van der Waals surface area (Å²) in [5, 5.41) is 36.8. The average Bonchev–Trinajstić information content (AvgIpc) is 0.970. The van der Waals surface area contributed by atoms with E-state index < -0.39 is 23.7 Å². The van der Waals surface area contributed by atoms with Gasteiger partial charge in [-0.25, -0.2) is 19.9 Å². The molecule has 8 aromatic rings. The molecule has 14 nitrogen and oxygen atoms in total. The van der Waals surface area contributed by atoms with Gasteiger partial charge in [-0.2, -0.15) is 23.7 Å². The number of hydrogen-bond donors (Lipinski definition) is 2. The standard InChI is InChI=1S/C36H37F3N4O3.C36H40N4O3/c1-5-24(3)28-10-9-25(4)33(17-28)32-11-8-23(2)13-29(32)22-43(21-27-14-26(18-40)15-30(16-27)36(37,38)39)35-41-19-31(20-42-35)46-12-6-7-34(44)45;1-23(2)33-17-34(27(6)15-26(33)5)32-10-9-24(3)14-30(32)22-40(21-29-13-25(4)12-28(16-29)18-37)36-38-19-31(20-39-36)43-11-7-8-35(41)42/h8-11,13-17,19-20,24H,5-7,12,21-22H2,1-4H3,(H,44,45);9-10,12-17,19-20,23H,7-8,11,21-22H2,1-6H3,(H,41,42). The third-order valence-corrected chi connectivity index (χ3v) is 15.4. The molecule has 8 rings (SSSR count). The van der Waals surface area contributed by atoms with Crippen LogP contribution in [0.4, 0.5) is 25.1 Å². The summed E-state index contributed by atoms with van der Waals surface area (Å²) in [7, 11) is 0. The smallest absolute Gasteiger partial charge is 0.416 e. The highest BCUT2D eigenvalue weighted by Crippen LogP contribution is 2.37. The van der Waals surface area contributed by atoms with Crippen molar-refractivity contribution in [3.8, 4) is 45.9 Å². The Morgan fingerprint density at radius 2 is 1.03 bits per heavy atom. The van der Waals surface area contributed by atoms with Gasteiger partial charge >= 0.3 is 18.1 Å². The minimum Gasteiger partial charge on any atom is -0.490 e. The number of aryl methyl sites for hydroxylation is 6. The van der Waals surface area contributed by atoms with Crippen LogP contribution in [0.15, 0.2) is 128 Å². The first-order valence-electron chi connectivity index (χ1n) is 29.8. The molecule has 0 saturated carbocycles. The SMILES string of the molecule is CCC(C)c1ccc(C)c(-c2ccc(C)cc2CN(Cc2cc(C#N)cc(C(F)(F)F)c2)c2ncc(OCCCC(=O)O)cn2)c1.Cc1cc(C#N)cc(CN(Cc2cc(C)ccc2-c2cc(C(C)C)c(C)cc2C)c2ncc(OCCCC(=O)O)cn2)c1. The number of ether oxygens (including phenoxy) is 2. The fraction of sp³-hybridized carbons (Fsp3) is 0.333. The predicted molar refractivity (Wildman–Crippen MR) is 341 cm³/mol. The van der Waals surface area contributed by atoms with E-state index in [1.165, 1.54) is 57.4 Å². The maximum Gasteiger partial charge on any atom is 0.416 e. The second-order valence-corrected chi connectivity index (χ2v) is 23.1. The van der Waals surface area contributed by atoms with E-state index in [2.05, 4.69) is 153 Å². The molecule has 0 spiro atoms. The number of hydrogen-bond acceptors (Lipinski definition) is 12. The zero-order valence-electron chi connectivity index (χ0n) is 52.3. The van der Waals surface area contributed by atoms with E-state index in [9.17, 15) is 33.3 Å². The number of nitriles is 2. The second kappa shape index (κ2) is 30.8. The number of nitrogens with zero attached hydrogens (tertiary/aromatic N) is 8. The van der Waals surface area contributed by atoms with E-state index in [4.69, 9.17) is 19.7 Å². The van der Waals surface area contributed by atoms with Crippen molar-refractivity contribution >= 4 is 23.8 Å². The molecule has 0 aliphatic heterocycles. The molecule has 0 radical (unpaired) electrons. The van der Waals surface area contributed by atoms with E-state index in [1.54, 1.807) is 17.3 Å². The molecule has 17 heteroatoms. The van der Waals surface area contributed by atoms with Crippen molar-refractivity contribution in [2.75, 3.05) is 23.0 Å². The number of benzene rings is 6. The van der Waals surface area contributed by atoms with Crippen molar-refractivity contribution in [1.29, 1.82) is 10.5 Å². The van der Waals surface area contributed by atoms with E-state index in [-0.39, 0.29) is 56.2 Å². The number of carbonyl (C=O) groups is 2. The first kappa shape index (κ1) is 66.9. The Bertz CT molecular complexity index is 3860. The molecule has 6 aromatic carbocycles. The minimum atomic E-state index is -4.62. The number of rotatable bonds is 25. The lowest BCUT2D eigenvalue weighted by Crippen LogP contribution is -2.25. The average molecular weight is 1210 g/mol. The lowest BCUT2D eigenvalue weighted by Gasteiger charge is -2.26. The van der Waals surface area contributed by atoms with Crippen molar-refractivity contribution in [1.82, 2.24) is 19.9 Å². The van der Waals surface area contributed by atoms with Gasteiger partial charge in [0.25, 0.3) is 0 Å². The Kier molecular flexibility index (Phi) is 23.2. The zero-order chi connectivity index (χ0) is 64.5. The van der Waals surface area contributed by atoms with E-state index in [0.29, 0.717) is 60.8 Å². The van der Waals surface area contributed by atoms with E-state index in [1.807, 2.05) is 38.1 Å². The maximum absolute atomic E-state index is 13.8. The fourth-order valence-electron chi connectivity index (χ4n) is 10.7.